The van der Waals surface area contributed by atoms with Crippen LogP contribution in [0.15, 0.2) is 22.8 Å². The first kappa shape index (κ1) is 9.97. The summed E-state index contributed by atoms with van der Waals surface area (Å²) in [5.74, 6) is 1.10. The molecule has 76 valence electrons. The molecule has 0 aliphatic carbocycles. The van der Waals surface area contributed by atoms with Crippen molar-refractivity contribution >= 4 is 21.7 Å². The topological polar surface area (TPSA) is 16.1 Å². The summed E-state index contributed by atoms with van der Waals surface area (Å²) in [5.41, 5.74) is 0. The van der Waals surface area contributed by atoms with Crippen LogP contribution in [0.4, 0.5) is 5.82 Å². The van der Waals surface area contributed by atoms with E-state index in [9.17, 15) is 0 Å². The first-order valence-electron chi connectivity index (χ1n) is 5.16. The highest BCUT2D eigenvalue weighted by Gasteiger charge is 2.20. The van der Waals surface area contributed by atoms with E-state index < -0.39 is 0 Å². The minimum absolute atomic E-state index is 0.620. The Bertz CT molecular complexity index is 314. The molecule has 1 aromatic heterocycles. The summed E-state index contributed by atoms with van der Waals surface area (Å²) in [6, 6.07) is 4.64. The van der Waals surface area contributed by atoms with Crippen molar-refractivity contribution in [2.75, 3.05) is 11.4 Å². The molecule has 2 heterocycles. The van der Waals surface area contributed by atoms with E-state index in [4.69, 9.17) is 0 Å². The number of aromatic nitrogens is 1. The van der Waals surface area contributed by atoms with Gasteiger partial charge in [0.05, 0.1) is 4.47 Å². The largest absolute Gasteiger partial charge is 0.353 e. The molecule has 1 saturated heterocycles. The van der Waals surface area contributed by atoms with Crippen molar-refractivity contribution in [2.45, 2.75) is 32.2 Å². The third-order valence-electron chi connectivity index (χ3n) is 2.81. The van der Waals surface area contributed by atoms with Gasteiger partial charge in [0.15, 0.2) is 0 Å². The molecule has 3 heteroatoms. The fraction of sp³-hybridized carbons (Fsp3) is 0.545. The summed E-state index contributed by atoms with van der Waals surface area (Å²) < 4.78 is 1.11. The number of anilines is 1. The Morgan fingerprint density at radius 3 is 3.07 bits per heavy atom. The van der Waals surface area contributed by atoms with Crippen LogP contribution in [0, 0.1) is 0 Å². The SMILES string of the molecule is CC1CCCCN1c1ncccc1Br. The molecule has 1 unspecified atom stereocenters. The zero-order valence-corrected chi connectivity index (χ0v) is 10.00. The van der Waals surface area contributed by atoms with Gasteiger partial charge in [0, 0.05) is 18.8 Å². The van der Waals surface area contributed by atoms with E-state index in [1.54, 1.807) is 0 Å². The number of rotatable bonds is 1. The summed E-state index contributed by atoms with van der Waals surface area (Å²) in [7, 11) is 0. The maximum atomic E-state index is 4.43. The quantitative estimate of drug-likeness (QED) is 0.765. The molecule has 1 atom stereocenters. The van der Waals surface area contributed by atoms with Crippen molar-refractivity contribution in [3.63, 3.8) is 0 Å². The Labute approximate surface area is 93.5 Å². The molecule has 0 bridgehead atoms. The van der Waals surface area contributed by atoms with Gasteiger partial charge in [-0.05, 0) is 54.2 Å². The highest BCUT2D eigenvalue weighted by Crippen LogP contribution is 2.28. The van der Waals surface area contributed by atoms with Crippen molar-refractivity contribution in [3.05, 3.63) is 22.8 Å². The molecule has 1 aliphatic heterocycles. The lowest BCUT2D eigenvalue weighted by Crippen LogP contribution is -2.38. The fourth-order valence-corrected chi connectivity index (χ4v) is 2.48. The summed E-state index contributed by atoms with van der Waals surface area (Å²) in [5, 5.41) is 0. The number of halogens is 1. The Balaban J connectivity index is 2.25. The standard InChI is InChI=1S/C11H15BrN2/c1-9-5-2-3-8-14(9)11-10(12)6-4-7-13-11/h4,6-7,9H,2-3,5,8H2,1H3. The minimum atomic E-state index is 0.620. The van der Waals surface area contributed by atoms with Gasteiger partial charge < -0.3 is 4.90 Å². The molecule has 0 saturated carbocycles. The average molecular weight is 255 g/mol. The van der Waals surface area contributed by atoms with Crippen molar-refractivity contribution < 1.29 is 0 Å². The molecule has 1 aliphatic rings. The third-order valence-corrected chi connectivity index (χ3v) is 3.43. The lowest BCUT2D eigenvalue weighted by molar-refractivity contribution is 0.480. The summed E-state index contributed by atoms with van der Waals surface area (Å²) in [6.45, 7) is 3.41. The molecule has 0 spiro atoms. The predicted molar refractivity (Wildman–Crippen MR) is 62.6 cm³/mol. The first-order valence-corrected chi connectivity index (χ1v) is 5.95. The van der Waals surface area contributed by atoms with Crippen LogP contribution in [0.1, 0.15) is 26.2 Å². The van der Waals surface area contributed by atoms with Gasteiger partial charge in [-0.25, -0.2) is 4.98 Å². The number of hydrogen-bond acceptors (Lipinski definition) is 2. The monoisotopic (exact) mass is 254 g/mol. The van der Waals surface area contributed by atoms with E-state index in [-0.39, 0.29) is 0 Å². The molecule has 1 fully saturated rings. The van der Waals surface area contributed by atoms with Gasteiger partial charge in [-0.15, -0.1) is 0 Å². The molecule has 0 amide bonds. The zero-order valence-electron chi connectivity index (χ0n) is 8.41. The average Bonchev–Trinajstić information content (AvgIpc) is 2.20. The Morgan fingerprint density at radius 2 is 2.36 bits per heavy atom. The van der Waals surface area contributed by atoms with Crippen molar-refractivity contribution in [1.82, 2.24) is 4.98 Å². The fourth-order valence-electron chi connectivity index (χ4n) is 2.00. The van der Waals surface area contributed by atoms with Gasteiger partial charge in [-0.2, -0.15) is 0 Å². The normalized spacial score (nSPS) is 22.4. The number of pyridine rings is 1. The molecular formula is C11H15BrN2. The molecule has 0 N–H and O–H groups in total. The van der Waals surface area contributed by atoms with Gasteiger partial charge in [0.2, 0.25) is 0 Å². The number of hydrogen-bond donors (Lipinski definition) is 0. The molecule has 1 aromatic rings. The molecule has 2 nitrogen and oxygen atoms in total. The second-order valence-electron chi connectivity index (χ2n) is 3.85. The second kappa shape index (κ2) is 4.30. The zero-order chi connectivity index (χ0) is 9.97. The van der Waals surface area contributed by atoms with Gasteiger partial charge in [-0.1, -0.05) is 0 Å². The van der Waals surface area contributed by atoms with Crippen LogP contribution >= 0.6 is 15.9 Å². The lowest BCUT2D eigenvalue weighted by Gasteiger charge is -2.34. The van der Waals surface area contributed by atoms with Crippen LogP contribution in [0.5, 0.6) is 0 Å². The van der Waals surface area contributed by atoms with Crippen molar-refractivity contribution in [3.8, 4) is 0 Å². The minimum Gasteiger partial charge on any atom is -0.353 e. The number of nitrogens with zero attached hydrogens (tertiary/aromatic N) is 2. The van der Waals surface area contributed by atoms with Gasteiger partial charge in [0.1, 0.15) is 5.82 Å². The highest BCUT2D eigenvalue weighted by atomic mass is 79.9. The highest BCUT2D eigenvalue weighted by molar-refractivity contribution is 9.10. The molecule has 2 rings (SSSR count). The van der Waals surface area contributed by atoms with Crippen LogP contribution in [0.3, 0.4) is 0 Å². The first-order chi connectivity index (χ1) is 6.79. The lowest BCUT2D eigenvalue weighted by atomic mass is 10.0. The van der Waals surface area contributed by atoms with Crippen LogP contribution in [-0.2, 0) is 0 Å². The molecule has 14 heavy (non-hydrogen) atoms. The van der Waals surface area contributed by atoms with E-state index in [2.05, 4.69) is 38.8 Å². The molecule has 0 radical (unpaired) electrons. The van der Waals surface area contributed by atoms with Crippen LogP contribution in [0.25, 0.3) is 0 Å². The van der Waals surface area contributed by atoms with Gasteiger partial charge in [-0.3, -0.25) is 0 Å². The smallest absolute Gasteiger partial charge is 0.143 e. The van der Waals surface area contributed by atoms with E-state index in [0.29, 0.717) is 6.04 Å². The molecular weight excluding hydrogens is 240 g/mol. The molecule has 0 aromatic carbocycles. The van der Waals surface area contributed by atoms with Gasteiger partial charge in [0.25, 0.3) is 0 Å². The summed E-state index contributed by atoms with van der Waals surface area (Å²) in [4.78, 5) is 6.83. The Kier molecular flexibility index (Phi) is 3.06. The third kappa shape index (κ3) is 1.92. The maximum Gasteiger partial charge on any atom is 0.143 e. The maximum absolute atomic E-state index is 4.43. The van der Waals surface area contributed by atoms with E-state index in [0.717, 1.165) is 16.8 Å². The summed E-state index contributed by atoms with van der Waals surface area (Å²) >= 11 is 3.56. The van der Waals surface area contributed by atoms with Crippen molar-refractivity contribution in [2.24, 2.45) is 0 Å². The Hall–Kier alpha value is -0.570. The van der Waals surface area contributed by atoms with E-state index >= 15 is 0 Å². The van der Waals surface area contributed by atoms with E-state index in [1.807, 2.05) is 12.3 Å². The number of piperidine rings is 1. The predicted octanol–water partition coefficient (Wildman–Crippen LogP) is 3.22. The van der Waals surface area contributed by atoms with E-state index in [1.165, 1.54) is 19.3 Å². The second-order valence-corrected chi connectivity index (χ2v) is 4.70. The van der Waals surface area contributed by atoms with Gasteiger partial charge >= 0.3 is 0 Å². The van der Waals surface area contributed by atoms with Crippen LogP contribution < -0.4 is 4.90 Å². The van der Waals surface area contributed by atoms with Crippen LogP contribution in [-0.4, -0.2) is 17.6 Å². The van der Waals surface area contributed by atoms with Crippen molar-refractivity contribution in [1.29, 1.82) is 0 Å². The summed E-state index contributed by atoms with van der Waals surface area (Å²) in [6.07, 6.45) is 5.78. The van der Waals surface area contributed by atoms with Crippen LogP contribution in [0.2, 0.25) is 0 Å². The Morgan fingerprint density at radius 1 is 1.50 bits per heavy atom.